The van der Waals surface area contributed by atoms with Crippen molar-refractivity contribution in [2.75, 3.05) is 11.4 Å². The van der Waals surface area contributed by atoms with Gasteiger partial charge >= 0.3 is 0 Å². The van der Waals surface area contributed by atoms with Crippen molar-refractivity contribution in [1.82, 2.24) is 0 Å². The molecule has 1 aliphatic rings. The predicted octanol–water partition coefficient (Wildman–Crippen LogP) is 3.47. The molecule has 0 aromatic heterocycles. The third-order valence-corrected chi connectivity index (χ3v) is 3.34. The summed E-state index contributed by atoms with van der Waals surface area (Å²) < 4.78 is 14.0. The lowest BCUT2D eigenvalue weighted by molar-refractivity contribution is 0.577. The molecule has 0 radical (unpaired) electrons. The van der Waals surface area contributed by atoms with Crippen LogP contribution in [0, 0.1) is 11.7 Å². The van der Waals surface area contributed by atoms with Crippen LogP contribution in [0.15, 0.2) is 18.2 Å². The Morgan fingerprint density at radius 1 is 1.33 bits per heavy atom. The zero-order chi connectivity index (χ0) is 13.3. The fourth-order valence-electron chi connectivity index (χ4n) is 2.45. The largest absolute Gasteiger partial charge is 0.368 e. The van der Waals surface area contributed by atoms with Crippen molar-refractivity contribution in [2.24, 2.45) is 11.7 Å². The third-order valence-electron chi connectivity index (χ3n) is 3.34. The summed E-state index contributed by atoms with van der Waals surface area (Å²) in [6, 6.07) is 5.60. The molecule has 18 heavy (non-hydrogen) atoms. The zero-order valence-electron chi connectivity index (χ0n) is 11.5. The van der Waals surface area contributed by atoms with Gasteiger partial charge in [0, 0.05) is 29.9 Å². The fourth-order valence-corrected chi connectivity index (χ4v) is 2.45. The summed E-state index contributed by atoms with van der Waals surface area (Å²) in [5, 5.41) is 0. The number of nitrogens with two attached hydrogens (primary N) is 1. The molecule has 1 aromatic rings. The maximum atomic E-state index is 14.0. The second kappa shape index (κ2) is 5.27. The molecular weight excluding hydrogens is 227 g/mol. The van der Waals surface area contributed by atoms with E-state index in [1.807, 2.05) is 13.0 Å². The summed E-state index contributed by atoms with van der Waals surface area (Å²) in [5.41, 5.74) is 7.58. The molecule has 1 unspecified atom stereocenters. The van der Waals surface area contributed by atoms with Gasteiger partial charge in [-0.1, -0.05) is 19.9 Å². The van der Waals surface area contributed by atoms with Gasteiger partial charge in [-0.05, 0) is 37.8 Å². The van der Waals surface area contributed by atoms with Crippen molar-refractivity contribution in [3.05, 3.63) is 29.6 Å². The molecule has 1 saturated carbocycles. The Bertz CT molecular complexity index is 411. The average molecular weight is 250 g/mol. The SMILES string of the molecule is CC(C)CN(c1cccc(F)c1C(C)N)C1CC1. The molecule has 0 aliphatic heterocycles. The van der Waals surface area contributed by atoms with E-state index >= 15 is 0 Å². The van der Waals surface area contributed by atoms with E-state index in [-0.39, 0.29) is 11.9 Å². The highest BCUT2D eigenvalue weighted by Crippen LogP contribution is 2.36. The van der Waals surface area contributed by atoms with E-state index in [4.69, 9.17) is 5.73 Å². The van der Waals surface area contributed by atoms with Gasteiger partial charge in [-0.25, -0.2) is 4.39 Å². The first-order valence-electron chi connectivity index (χ1n) is 6.81. The van der Waals surface area contributed by atoms with Gasteiger partial charge in [0.2, 0.25) is 0 Å². The Hall–Kier alpha value is -1.09. The third kappa shape index (κ3) is 2.83. The van der Waals surface area contributed by atoms with E-state index in [9.17, 15) is 4.39 Å². The van der Waals surface area contributed by atoms with Gasteiger partial charge in [-0.15, -0.1) is 0 Å². The molecule has 2 N–H and O–H groups in total. The van der Waals surface area contributed by atoms with Crippen molar-refractivity contribution in [2.45, 2.75) is 45.7 Å². The molecule has 0 saturated heterocycles. The summed E-state index contributed by atoms with van der Waals surface area (Å²) in [6.07, 6.45) is 2.42. The summed E-state index contributed by atoms with van der Waals surface area (Å²) in [5.74, 6) is 0.381. The standard InChI is InChI=1S/C15H23FN2/c1-10(2)9-18(12-7-8-12)14-6-4-5-13(16)15(14)11(3)17/h4-6,10-12H,7-9,17H2,1-3H3. The molecule has 0 heterocycles. The maximum Gasteiger partial charge on any atom is 0.130 e. The molecular formula is C15H23FN2. The second-order valence-electron chi connectivity index (χ2n) is 5.74. The monoisotopic (exact) mass is 250 g/mol. The molecule has 0 amide bonds. The fraction of sp³-hybridized carbons (Fsp3) is 0.600. The Kier molecular flexibility index (Phi) is 3.91. The van der Waals surface area contributed by atoms with Gasteiger partial charge in [-0.2, -0.15) is 0 Å². The van der Waals surface area contributed by atoms with E-state index < -0.39 is 0 Å². The van der Waals surface area contributed by atoms with E-state index in [0.717, 1.165) is 12.2 Å². The van der Waals surface area contributed by atoms with Crippen molar-refractivity contribution in [3.63, 3.8) is 0 Å². The lowest BCUT2D eigenvalue weighted by Crippen LogP contribution is -2.31. The van der Waals surface area contributed by atoms with E-state index in [1.54, 1.807) is 6.07 Å². The van der Waals surface area contributed by atoms with E-state index in [0.29, 0.717) is 17.5 Å². The minimum absolute atomic E-state index is 0.183. The molecule has 1 aromatic carbocycles. The van der Waals surface area contributed by atoms with Gasteiger partial charge in [-0.3, -0.25) is 0 Å². The molecule has 2 rings (SSSR count). The van der Waals surface area contributed by atoms with Crippen LogP contribution in [0.1, 0.15) is 45.2 Å². The number of halogens is 1. The number of benzene rings is 1. The Morgan fingerprint density at radius 3 is 2.50 bits per heavy atom. The minimum Gasteiger partial charge on any atom is -0.368 e. The van der Waals surface area contributed by atoms with Crippen molar-refractivity contribution >= 4 is 5.69 Å². The lowest BCUT2D eigenvalue weighted by atomic mass is 10.0. The number of hydrogen-bond donors (Lipinski definition) is 1. The molecule has 1 atom stereocenters. The molecule has 100 valence electrons. The van der Waals surface area contributed by atoms with Crippen LogP contribution in [-0.2, 0) is 0 Å². The van der Waals surface area contributed by atoms with Crippen LogP contribution in [0.3, 0.4) is 0 Å². The quantitative estimate of drug-likeness (QED) is 0.867. The van der Waals surface area contributed by atoms with Gasteiger partial charge in [0.15, 0.2) is 0 Å². The second-order valence-corrected chi connectivity index (χ2v) is 5.74. The molecule has 0 spiro atoms. The predicted molar refractivity (Wildman–Crippen MR) is 74.2 cm³/mol. The van der Waals surface area contributed by atoms with Crippen LogP contribution in [0.4, 0.5) is 10.1 Å². The minimum atomic E-state index is -0.269. The molecule has 1 fully saturated rings. The van der Waals surface area contributed by atoms with Gasteiger partial charge in [0.05, 0.1) is 0 Å². The van der Waals surface area contributed by atoms with Crippen molar-refractivity contribution in [1.29, 1.82) is 0 Å². The topological polar surface area (TPSA) is 29.3 Å². The van der Waals surface area contributed by atoms with Crippen LogP contribution < -0.4 is 10.6 Å². The van der Waals surface area contributed by atoms with E-state index in [1.165, 1.54) is 18.9 Å². The lowest BCUT2D eigenvalue weighted by Gasteiger charge is -2.30. The Morgan fingerprint density at radius 2 is 2.00 bits per heavy atom. The van der Waals surface area contributed by atoms with Crippen molar-refractivity contribution in [3.8, 4) is 0 Å². The van der Waals surface area contributed by atoms with Crippen LogP contribution >= 0.6 is 0 Å². The van der Waals surface area contributed by atoms with Crippen LogP contribution in [0.25, 0.3) is 0 Å². The molecule has 0 bridgehead atoms. The Balaban J connectivity index is 2.37. The summed E-state index contributed by atoms with van der Waals surface area (Å²) in [6.45, 7) is 7.21. The zero-order valence-corrected chi connectivity index (χ0v) is 11.5. The number of anilines is 1. The number of nitrogens with zero attached hydrogens (tertiary/aromatic N) is 1. The van der Waals surface area contributed by atoms with E-state index in [2.05, 4.69) is 18.7 Å². The molecule has 2 nitrogen and oxygen atoms in total. The van der Waals surface area contributed by atoms with Crippen molar-refractivity contribution < 1.29 is 4.39 Å². The van der Waals surface area contributed by atoms with Gasteiger partial charge in [0.25, 0.3) is 0 Å². The highest BCUT2D eigenvalue weighted by molar-refractivity contribution is 5.57. The first-order chi connectivity index (χ1) is 8.50. The first kappa shape index (κ1) is 13.3. The molecule has 1 aliphatic carbocycles. The smallest absolute Gasteiger partial charge is 0.130 e. The summed E-state index contributed by atoms with van der Waals surface area (Å²) in [7, 11) is 0. The molecule has 3 heteroatoms. The van der Waals surface area contributed by atoms with Crippen LogP contribution in [-0.4, -0.2) is 12.6 Å². The van der Waals surface area contributed by atoms with Crippen LogP contribution in [0.2, 0.25) is 0 Å². The average Bonchev–Trinajstić information content (AvgIpc) is 3.08. The normalized spacial score (nSPS) is 17.0. The van der Waals surface area contributed by atoms with Gasteiger partial charge < -0.3 is 10.6 Å². The van der Waals surface area contributed by atoms with Gasteiger partial charge in [0.1, 0.15) is 5.82 Å². The van der Waals surface area contributed by atoms with Crippen LogP contribution in [0.5, 0.6) is 0 Å². The maximum absolute atomic E-state index is 14.0. The highest BCUT2D eigenvalue weighted by Gasteiger charge is 2.31. The highest BCUT2D eigenvalue weighted by atomic mass is 19.1. The first-order valence-corrected chi connectivity index (χ1v) is 6.81. The number of hydrogen-bond acceptors (Lipinski definition) is 2. The Labute approximate surface area is 109 Å². The number of rotatable bonds is 5. The summed E-state index contributed by atoms with van der Waals surface area (Å²) in [4.78, 5) is 2.34. The summed E-state index contributed by atoms with van der Waals surface area (Å²) >= 11 is 0.